The Kier molecular flexibility index (Phi) is 9.37. The number of rotatable bonds is 8. The minimum Gasteiger partial charge on any atom is -0.457 e. The fourth-order valence-corrected chi connectivity index (χ4v) is 9.49. The van der Waals surface area contributed by atoms with Crippen molar-refractivity contribution in [3.63, 3.8) is 0 Å². The Bertz CT molecular complexity index is 3140. The minimum atomic E-state index is -0.512. The number of nitrogens with two attached hydrogens (primary N) is 1. The van der Waals surface area contributed by atoms with Gasteiger partial charge in [0, 0.05) is 22.9 Å². The molecule has 0 amide bonds. The molecule has 62 heavy (non-hydrogen) atoms. The third kappa shape index (κ3) is 6.48. The van der Waals surface area contributed by atoms with Crippen molar-refractivity contribution < 1.29 is 4.74 Å². The molecule has 1 unspecified atom stereocenters. The van der Waals surface area contributed by atoms with Gasteiger partial charge in [-0.3, -0.25) is 4.99 Å². The van der Waals surface area contributed by atoms with E-state index in [-0.39, 0.29) is 6.04 Å². The van der Waals surface area contributed by atoms with Gasteiger partial charge in [0.2, 0.25) is 0 Å². The number of benzene rings is 9. The van der Waals surface area contributed by atoms with Crippen molar-refractivity contribution in [1.29, 1.82) is 0 Å². The lowest BCUT2D eigenvalue weighted by molar-refractivity contribution is 0.436. The molecule has 0 fully saturated rings. The summed E-state index contributed by atoms with van der Waals surface area (Å²) in [6.45, 7) is 0. The van der Waals surface area contributed by atoms with E-state index in [0.717, 1.165) is 56.1 Å². The van der Waals surface area contributed by atoms with Gasteiger partial charge in [0.1, 0.15) is 11.5 Å². The van der Waals surface area contributed by atoms with E-state index in [0.29, 0.717) is 0 Å². The second-order valence-electron chi connectivity index (χ2n) is 16.0. The van der Waals surface area contributed by atoms with Gasteiger partial charge in [-0.05, 0) is 109 Å². The van der Waals surface area contributed by atoms with E-state index in [1.807, 2.05) is 42.6 Å². The second-order valence-corrected chi connectivity index (χ2v) is 16.0. The van der Waals surface area contributed by atoms with Gasteiger partial charge in [0.05, 0.1) is 17.2 Å². The molecule has 1 heterocycles. The molecule has 9 aromatic carbocycles. The van der Waals surface area contributed by atoms with Crippen LogP contribution in [0.5, 0.6) is 11.5 Å². The molecule has 1 aliphatic carbocycles. The molecule has 294 valence electrons. The first-order valence-electron chi connectivity index (χ1n) is 21.2. The molecular weight excluding hydrogens is 753 g/mol. The van der Waals surface area contributed by atoms with Gasteiger partial charge in [-0.1, -0.05) is 188 Å². The predicted octanol–water partition coefficient (Wildman–Crippen LogP) is 14.3. The highest BCUT2D eigenvalue weighted by Crippen LogP contribution is 2.62. The molecule has 3 heteroatoms. The number of nitrogens with zero attached hydrogens (tertiary/aromatic N) is 1. The molecular formula is C59H42N2O. The minimum absolute atomic E-state index is 0.312. The number of fused-ring (bicyclic) bond motifs is 9. The highest BCUT2D eigenvalue weighted by atomic mass is 16.5. The van der Waals surface area contributed by atoms with Crippen LogP contribution >= 0.6 is 0 Å². The Morgan fingerprint density at radius 1 is 0.435 bits per heavy atom. The highest BCUT2D eigenvalue weighted by molar-refractivity contribution is 5.91. The van der Waals surface area contributed by atoms with Gasteiger partial charge in [0.25, 0.3) is 0 Å². The normalized spacial score (nSPS) is 13.8. The fourth-order valence-electron chi connectivity index (χ4n) is 9.49. The number of hydrogen-bond donors (Lipinski definition) is 1. The second kappa shape index (κ2) is 15.6. The largest absolute Gasteiger partial charge is 0.457 e. The van der Waals surface area contributed by atoms with Gasteiger partial charge in [-0.15, -0.1) is 0 Å². The van der Waals surface area contributed by atoms with E-state index in [2.05, 4.69) is 194 Å². The van der Waals surface area contributed by atoms with Crippen LogP contribution in [0.4, 0.5) is 0 Å². The van der Waals surface area contributed by atoms with Gasteiger partial charge in [-0.2, -0.15) is 0 Å². The van der Waals surface area contributed by atoms with Crippen LogP contribution in [0.25, 0.3) is 50.2 Å². The molecule has 9 aromatic rings. The Balaban J connectivity index is 0.965. The molecule has 2 aliphatic rings. The van der Waals surface area contributed by atoms with Crippen LogP contribution in [-0.4, -0.2) is 6.21 Å². The third-order valence-corrected chi connectivity index (χ3v) is 12.4. The van der Waals surface area contributed by atoms with Gasteiger partial charge >= 0.3 is 0 Å². The van der Waals surface area contributed by atoms with Crippen LogP contribution < -0.4 is 10.5 Å². The number of ether oxygens (including phenoxy) is 1. The van der Waals surface area contributed by atoms with Crippen LogP contribution in [0.2, 0.25) is 0 Å². The van der Waals surface area contributed by atoms with Crippen LogP contribution in [0.3, 0.4) is 0 Å². The van der Waals surface area contributed by atoms with Crippen molar-refractivity contribution in [3.05, 3.63) is 269 Å². The van der Waals surface area contributed by atoms with Crippen LogP contribution in [0, 0.1) is 0 Å². The quantitative estimate of drug-likeness (QED) is 0.156. The molecule has 11 rings (SSSR count). The zero-order chi connectivity index (χ0) is 41.5. The summed E-state index contributed by atoms with van der Waals surface area (Å²) < 4.78 is 6.58. The smallest absolute Gasteiger partial charge is 0.132 e. The number of para-hydroxylation sites is 2. The lowest BCUT2D eigenvalue weighted by Crippen LogP contribution is -2.32. The predicted molar refractivity (Wildman–Crippen MR) is 256 cm³/mol. The summed E-state index contributed by atoms with van der Waals surface area (Å²) in [6.07, 6.45) is 3.96. The van der Waals surface area contributed by atoms with Crippen molar-refractivity contribution in [2.45, 2.75) is 11.5 Å². The molecule has 0 aromatic heterocycles. The summed E-state index contributed by atoms with van der Waals surface area (Å²) in [5, 5.41) is 0. The molecule has 0 saturated carbocycles. The van der Waals surface area contributed by atoms with Gasteiger partial charge in [0.15, 0.2) is 0 Å². The Hall–Kier alpha value is -7.85. The molecule has 1 spiro atoms. The summed E-state index contributed by atoms with van der Waals surface area (Å²) in [7, 11) is 0. The lowest BCUT2D eigenvalue weighted by Gasteiger charge is -2.39. The summed E-state index contributed by atoms with van der Waals surface area (Å²) in [5.41, 5.74) is 24.4. The van der Waals surface area contributed by atoms with Gasteiger partial charge in [-0.25, -0.2) is 0 Å². The summed E-state index contributed by atoms with van der Waals surface area (Å²) in [6, 6.07) is 79.3. The average Bonchev–Trinajstić information content (AvgIpc) is 3.63. The molecule has 2 N–H and O–H groups in total. The van der Waals surface area contributed by atoms with Crippen LogP contribution in [0.15, 0.2) is 236 Å². The Morgan fingerprint density at radius 3 is 1.58 bits per heavy atom. The first-order chi connectivity index (χ1) is 30.6. The zero-order valence-electron chi connectivity index (χ0n) is 34.0. The maximum absolute atomic E-state index is 6.76. The Labute approximate surface area is 362 Å². The average molecular weight is 795 g/mol. The fraction of sp³-hybridized carbons (Fsp3) is 0.0339. The SMILES string of the molecule is NC(/C=C(\N=Cc1ccccc1)c1cccc(-c2cccc(-c3cccc(-c4ccc5c(c4)C4(c6ccccc6Oc6ccccc64)c4ccccc4-5)c3)c2)c1)c1ccccc1. The molecule has 0 bridgehead atoms. The molecule has 1 aliphatic heterocycles. The van der Waals surface area contributed by atoms with E-state index >= 15 is 0 Å². The lowest BCUT2D eigenvalue weighted by atomic mass is 9.66. The number of aliphatic imine (C=N–C) groups is 1. The van der Waals surface area contributed by atoms with E-state index in [1.54, 1.807) is 0 Å². The van der Waals surface area contributed by atoms with E-state index in [4.69, 9.17) is 15.5 Å². The van der Waals surface area contributed by atoms with Crippen LogP contribution in [-0.2, 0) is 5.41 Å². The summed E-state index contributed by atoms with van der Waals surface area (Å²) in [4.78, 5) is 5.00. The first kappa shape index (κ1) is 37.2. The topological polar surface area (TPSA) is 47.6 Å². The van der Waals surface area contributed by atoms with Crippen molar-refractivity contribution >= 4 is 11.9 Å². The summed E-state index contributed by atoms with van der Waals surface area (Å²) >= 11 is 0. The molecule has 0 saturated heterocycles. The first-order valence-corrected chi connectivity index (χ1v) is 21.2. The monoisotopic (exact) mass is 794 g/mol. The molecule has 3 nitrogen and oxygen atoms in total. The Morgan fingerprint density at radius 2 is 0.935 bits per heavy atom. The third-order valence-electron chi connectivity index (χ3n) is 12.4. The number of hydrogen-bond acceptors (Lipinski definition) is 3. The summed E-state index contributed by atoms with van der Waals surface area (Å²) in [5.74, 6) is 1.80. The van der Waals surface area contributed by atoms with E-state index < -0.39 is 5.41 Å². The van der Waals surface area contributed by atoms with Crippen molar-refractivity contribution in [1.82, 2.24) is 0 Å². The maximum Gasteiger partial charge on any atom is 0.132 e. The van der Waals surface area contributed by atoms with E-state index in [9.17, 15) is 0 Å². The standard InChI is InChI=1S/C59H42N2O/c60-55(41-18-5-2-6-19-41)38-56(61-39-40-16-3-1-4-17-40)48-25-15-24-46(36-48)44-22-13-20-42(34-44)43-21-14-23-45(35-43)47-32-33-50-49-26-7-8-27-51(49)59(54(50)37-47)52-28-9-11-30-57(52)62-58-31-12-10-29-53(58)59/h1-39,55H,60H2/b56-38-,61-39?. The van der Waals surface area contributed by atoms with Crippen molar-refractivity contribution in [2.75, 3.05) is 0 Å². The molecule has 1 atom stereocenters. The highest BCUT2D eigenvalue weighted by Gasteiger charge is 2.51. The van der Waals surface area contributed by atoms with E-state index in [1.165, 1.54) is 44.5 Å². The van der Waals surface area contributed by atoms with Crippen molar-refractivity contribution in [3.8, 4) is 56.0 Å². The zero-order valence-corrected chi connectivity index (χ0v) is 34.0. The molecule has 0 radical (unpaired) electrons. The van der Waals surface area contributed by atoms with Gasteiger partial charge < -0.3 is 10.5 Å². The maximum atomic E-state index is 6.76. The van der Waals surface area contributed by atoms with Crippen molar-refractivity contribution in [2.24, 2.45) is 10.7 Å². The van der Waals surface area contributed by atoms with Crippen LogP contribution in [0.1, 0.15) is 45.0 Å².